The number of carbonyl (C=O) groups excluding carboxylic acids is 1. The summed E-state index contributed by atoms with van der Waals surface area (Å²) in [5.74, 6) is -0.217. The Morgan fingerprint density at radius 3 is 2.57 bits per heavy atom. The molecular formula is C21H15IN2O4. The van der Waals surface area contributed by atoms with Crippen molar-refractivity contribution in [1.29, 1.82) is 0 Å². The highest BCUT2D eigenvalue weighted by Gasteiger charge is 2.18. The molecule has 0 atom stereocenters. The topological polar surface area (TPSA) is 74.4 Å². The maximum absolute atomic E-state index is 12.6. The number of hydrogen-bond donors (Lipinski definition) is 0. The number of nitro groups is 1. The molecule has 0 aliphatic rings. The second-order valence-corrected chi connectivity index (χ2v) is 7.41. The number of non-ortho nitro benzene ring substituents is 1. The molecule has 1 aromatic heterocycles. The standard InChI is InChI=1S/C21H15IN2O4/c1-2-23-19-6-4-3-5-15(19)16-12-14(8-10-20(16)23)28-21(25)17-11-13(24(26)27)7-9-18(17)22/h3-12H,2H2,1H3. The summed E-state index contributed by atoms with van der Waals surface area (Å²) < 4.78 is 8.34. The Morgan fingerprint density at radius 2 is 1.82 bits per heavy atom. The van der Waals surface area contributed by atoms with Crippen molar-refractivity contribution in [2.24, 2.45) is 0 Å². The zero-order valence-electron chi connectivity index (χ0n) is 14.9. The van der Waals surface area contributed by atoms with Gasteiger partial charge >= 0.3 is 5.97 Å². The van der Waals surface area contributed by atoms with Crippen LogP contribution in [-0.4, -0.2) is 15.5 Å². The molecule has 0 saturated heterocycles. The predicted molar refractivity (Wildman–Crippen MR) is 116 cm³/mol. The van der Waals surface area contributed by atoms with Gasteiger partial charge in [0, 0.05) is 44.1 Å². The Kier molecular flexibility index (Phi) is 4.76. The lowest BCUT2D eigenvalue weighted by molar-refractivity contribution is -0.384. The number of aromatic nitrogens is 1. The van der Waals surface area contributed by atoms with Crippen molar-refractivity contribution in [3.63, 3.8) is 0 Å². The van der Waals surface area contributed by atoms with Crippen molar-refractivity contribution < 1.29 is 14.5 Å². The van der Waals surface area contributed by atoms with Gasteiger partial charge in [-0.1, -0.05) is 18.2 Å². The maximum atomic E-state index is 12.6. The van der Waals surface area contributed by atoms with E-state index in [1.54, 1.807) is 6.07 Å². The summed E-state index contributed by atoms with van der Waals surface area (Å²) in [7, 11) is 0. The maximum Gasteiger partial charge on any atom is 0.344 e. The zero-order chi connectivity index (χ0) is 19.8. The van der Waals surface area contributed by atoms with E-state index < -0.39 is 10.9 Å². The molecule has 0 aliphatic heterocycles. The lowest BCUT2D eigenvalue weighted by atomic mass is 10.1. The van der Waals surface area contributed by atoms with Crippen molar-refractivity contribution in [2.75, 3.05) is 0 Å². The number of aryl methyl sites for hydroxylation is 1. The van der Waals surface area contributed by atoms with Crippen LogP contribution in [0.2, 0.25) is 0 Å². The molecular weight excluding hydrogens is 471 g/mol. The van der Waals surface area contributed by atoms with Crippen molar-refractivity contribution in [3.05, 3.63) is 79.9 Å². The molecule has 28 heavy (non-hydrogen) atoms. The second kappa shape index (κ2) is 7.23. The molecule has 7 heteroatoms. The summed E-state index contributed by atoms with van der Waals surface area (Å²) >= 11 is 1.97. The smallest absolute Gasteiger partial charge is 0.344 e. The van der Waals surface area contributed by atoms with Gasteiger partial charge in [-0.25, -0.2) is 4.79 Å². The van der Waals surface area contributed by atoms with Gasteiger partial charge in [0.15, 0.2) is 0 Å². The summed E-state index contributed by atoms with van der Waals surface area (Å²) in [6.45, 7) is 2.92. The van der Waals surface area contributed by atoms with Gasteiger partial charge in [-0.15, -0.1) is 0 Å². The Balaban J connectivity index is 1.75. The van der Waals surface area contributed by atoms with Crippen LogP contribution in [0.1, 0.15) is 17.3 Å². The van der Waals surface area contributed by atoms with E-state index >= 15 is 0 Å². The molecule has 0 amide bonds. The molecule has 0 radical (unpaired) electrons. The average molecular weight is 486 g/mol. The number of nitrogens with zero attached hydrogens (tertiary/aromatic N) is 2. The lowest BCUT2D eigenvalue weighted by Crippen LogP contribution is -2.10. The third-order valence-corrected chi connectivity index (χ3v) is 5.59. The molecule has 0 N–H and O–H groups in total. The normalized spacial score (nSPS) is 11.1. The van der Waals surface area contributed by atoms with Crippen LogP contribution in [0, 0.1) is 13.7 Å². The van der Waals surface area contributed by atoms with Gasteiger partial charge in [0.1, 0.15) is 5.75 Å². The zero-order valence-corrected chi connectivity index (χ0v) is 17.0. The van der Waals surface area contributed by atoms with Crippen LogP contribution in [0.15, 0.2) is 60.7 Å². The number of halogens is 1. The number of ether oxygens (including phenoxy) is 1. The summed E-state index contributed by atoms with van der Waals surface area (Å²) in [6, 6.07) is 17.7. The van der Waals surface area contributed by atoms with Gasteiger partial charge in [0.25, 0.3) is 5.69 Å². The van der Waals surface area contributed by atoms with Crippen LogP contribution in [0.25, 0.3) is 21.8 Å². The first-order valence-corrected chi connectivity index (χ1v) is 9.74. The van der Waals surface area contributed by atoms with Crippen molar-refractivity contribution in [1.82, 2.24) is 4.57 Å². The number of nitro benzene ring substituents is 1. The Bertz CT molecular complexity index is 1250. The van der Waals surface area contributed by atoms with Gasteiger partial charge in [-0.2, -0.15) is 0 Å². The predicted octanol–water partition coefficient (Wildman–Crippen LogP) is 5.55. The minimum atomic E-state index is -0.619. The number of fused-ring (bicyclic) bond motifs is 3. The van der Waals surface area contributed by atoms with Crippen molar-refractivity contribution in [3.8, 4) is 5.75 Å². The van der Waals surface area contributed by atoms with Crippen LogP contribution < -0.4 is 4.74 Å². The Hall–Kier alpha value is -2.94. The molecule has 1 heterocycles. The van der Waals surface area contributed by atoms with Crippen LogP contribution in [0.4, 0.5) is 5.69 Å². The second-order valence-electron chi connectivity index (χ2n) is 6.25. The molecule has 6 nitrogen and oxygen atoms in total. The largest absolute Gasteiger partial charge is 0.423 e. The quantitative estimate of drug-likeness (QED) is 0.125. The fraction of sp³-hybridized carbons (Fsp3) is 0.0952. The van der Waals surface area contributed by atoms with Gasteiger partial charge in [-0.3, -0.25) is 10.1 Å². The van der Waals surface area contributed by atoms with Crippen LogP contribution in [0.5, 0.6) is 5.75 Å². The number of esters is 1. The summed E-state index contributed by atoms with van der Waals surface area (Å²) in [6.07, 6.45) is 0. The Morgan fingerprint density at radius 1 is 1.07 bits per heavy atom. The minimum absolute atomic E-state index is 0.145. The monoisotopic (exact) mass is 486 g/mol. The molecule has 0 saturated carbocycles. The van der Waals surface area contributed by atoms with E-state index in [1.807, 2.05) is 52.9 Å². The SMILES string of the molecule is CCn1c2ccccc2c2cc(OC(=O)c3cc([N+](=O)[O-])ccc3I)ccc21. The first-order chi connectivity index (χ1) is 13.5. The number of carbonyl (C=O) groups is 1. The molecule has 140 valence electrons. The third-order valence-electron chi connectivity index (χ3n) is 4.65. The summed E-state index contributed by atoms with van der Waals surface area (Å²) in [5.41, 5.74) is 2.21. The van der Waals surface area contributed by atoms with Crippen molar-refractivity contribution in [2.45, 2.75) is 13.5 Å². The van der Waals surface area contributed by atoms with E-state index in [0.29, 0.717) is 9.32 Å². The highest BCUT2D eigenvalue weighted by atomic mass is 127. The number of rotatable bonds is 4. The molecule has 4 aromatic rings. The summed E-state index contributed by atoms with van der Waals surface area (Å²) in [4.78, 5) is 23.1. The molecule has 4 rings (SSSR count). The highest BCUT2D eigenvalue weighted by Crippen LogP contribution is 2.32. The van der Waals surface area contributed by atoms with E-state index in [1.165, 1.54) is 18.2 Å². The number of hydrogen-bond acceptors (Lipinski definition) is 4. The average Bonchev–Trinajstić information content (AvgIpc) is 3.01. The van der Waals surface area contributed by atoms with Gasteiger partial charge < -0.3 is 9.30 Å². The van der Waals surface area contributed by atoms with Crippen molar-refractivity contribution >= 4 is 56.1 Å². The first kappa shape index (κ1) is 18.4. The molecule has 0 unspecified atom stereocenters. The molecule has 0 spiro atoms. The minimum Gasteiger partial charge on any atom is -0.423 e. The number of para-hydroxylation sites is 1. The lowest BCUT2D eigenvalue weighted by Gasteiger charge is -2.07. The van der Waals surface area contributed by atoms with Crippen LogP contribution >= 0.6 is 22.6 Å². The number of benzene rings is 3. The van der Waals surface area contributed by atoms with E-state index in [4.69, 9.17) is 4.74 Å². The van der Waals surface area contributed by atoms with E-state index in [-0.39, 0.29) is 11.3 Å². The van der Waals surface area contributed by atoms with Gasteiger partial charge in [0.05, 0.1) is 10.5 Å². The van der Waals surface area contributed by atoms with E-state index in [2.05, 4.69) is 17.6 Å². The van der Waals surface area contributed by atoms with Gasteiger partial charge in [-0.05, 0) is 59.8 Å². The fourth-order valence-electron chi connectivity index (χ4n) is 3.38. The molecule has 3 aromatic carbocycles. The van der Waals surface area contributed by atoms with E-state index in [9.17, 15) is 14.9 Å². The van der Waals surface area contributed by atoms with Gasteiger partial charge in [0.2, 0.25) is 0 Å². The fourth-order valence-corrected chi connectivity index (χ4v) is 3.94. The first-order valence-electron chi connectivity index (χ1n) is 8.66. The molecule has 0 fully saturated rings. The third kappa shape index (κ3) is 3.11. The Labute approximate surface area is 174 Å². The summed E-state index contributed by atoms with van der Waals surface area (Å²) in [5, 5.41) is 13.1. The highest BCUT2D eigenvalue weighted by molar-refractivity contribution is 14.1. The van der Waals surface area contributed by atoms with Crippen LogP contribution in [0.3, 0.4) is 0 Å². The van der Waals surface area contributed by atoms with E-state index in [0.717, 1.165) is 28.4 Å². The molecule has 0 aliphatic carbocycles. The molecule has 0 bridgehead atoms. The van der Waals surface area contributed by atoms with Crippen LogP contribution in [-0.2, 0) is 6.54 Å².